The van der Waals surface area contributed by atoms with Gasteiger partial charge in [-0.25, -0.2) is 4.98 Å². The van der Waals surface area contributed by atoms with Crippen molar-refractivity contribution in [2.75, 3.05) is 58.5 Å². The number of halogens is 1. The number of aromatic nitrogens is 1. The molecule has 4 rings (SSSR count). The number of rotatable bonds is 9. The van der Waals surface area contributed by atoms with E-state index in [9.17, 15) is 14.9 Å². The molecule has 1 aliphatic rings. The molecule has 3 aromatic rings. The summed E-state index contributed by atoms with van der Waals surface area (Å²) in [6.07, 6.45) is 0.669. The Labute approximate surface area is 211 Å². The van der Waals surface area contributed by atoms with Crippen molar-refractivity contribution < 1.29 is 23.9 Å². The van der Waals surface area contributed by atoms with Gasteiger partial charge in [0.05, 0.1) is 42.9 Å². The number of carbonyl (C=O) groups is 1. The fraction of sp³-hybridized carbons (Fsp3) is 0.391. The Hall–Kier alpha value is -2.99. The number of nitro groups is 1. The van der Waals surface area contributed by atoms with Crippen LogP contribution in [0.15, 0.2) is 30.3 Å². The van der Waals surface area contributed by atoms with Crippen LogP contribution < -0.4 is 14.4 Å². The molecule has 2 heterocycles. The molecule has 0 saturated carbocycles. The van der Waals surface area contributed by atoms with Crippen LogP contribution in [-0.4, -0.2) is 74.3 Å². The van der Waals surface area contributed by atoms with E-state index in [0.717, 1.165) is 24.3 Å². The van der Waals surface area contributed by atoms with Crippen molar-refractivity contribution in [3.8, 4) is 11.5 Å². The van der Waals surface area contributed by atoms with Gasteiger partial charge in [-0.1, -0.05) is 22.9 Å². The molecule has 0 bridgehead atoms. The van der Waals surface area contributed by atoms with Crippen LogP contribution in [0.25, 0.3) is 10.2 Å². The predicted octanol–water partition coefficient (Wildman–Crippen LogP) is 4.24. The Morgan fingerprint density at radius 2 is 1.94 bits per heavy atom. The minimum Gasteiger partial charge on any atom is -0.495 e. The molecule has 2 aromatic carbocycles. The maximum absolute atomic E-state index is 13.7. The molecule has 0 radical (unpaired) electrons. The van der Waals surface area contributed by atoms with Crippen molar-refractivity contribution in [3.63, 3.8) is 0 Å². The van der Waals surface area contributed by atoms with Gasteiger partial charge in [-0.05, 0) is 24.6 Å². The Morgan fingerprint density at radius 3 is 2.63 bits per heavy atom. The average molecular weight is 521 g/mol. The van der Waals surface area contributed by atoms with Crippen molar-refractivity contribution in [2.45, 2.75) is 6.42 Å². The molecule has 12 heteroatoms. The highest BCUT2D eigenvalue weighted by atomic mass is 35.5. The van der Waals surface area contributed by atoms with Crippen molar-refractivity contribution in [3.05, 3.63) is 51.0 Å². The molecular weight excluding hydrogens is 496 g/mol. The van der Waals surface area contributed by atoms with E-state index in [4.69, 9.17) is 30.8 Å². The number of non-ortho nitro benzene ring substituents is 1. The van der Waals surface area contributed by atoms with Gasteiger partial charge in [0.1, 0.15) is 21.7 Å². The van der Waals surface area contributed by atoms with Crippen LogP contribution in [0, 0.1) is 10.1 Å². The second kappa shape index (κ2) is 11.2. The van der Waals surface area contributed by atoms with Gasteiger partial charge in [-0.2, -0.15) is 0 Å². The van der Waals surface area contributed by atoms with E-state index in [-0.39, 0.29) is 16.3 Å². The third-order valence-corrected chi connectivity index (χ3v) is 7.15. The molecule has 0 spiro atoms. The number of hydrogen-bond acceptors (Lipinski definition) is 9. The quantitative estimate of drug-likeness (QED) is 0.304. The molecule has 35 heavy (non-hydrogen) atoms. The number of morpholine rings is 1. The molecule has 1 aromatic heterocycles. The van der Waals surface area contributed by atoms with E-state index in [1.54, 1.807) is 26.4 Å². The Kier molecular flexibility index (Phi) is 8.01. The first-order chi connectivity index (χ1) is 16.9. The van der Waals surface area contributed by atoms with Gasteiger partial charge in [0.15, 0.2) is 5.13 Å². The summed E-state index contributed by atoms with van der Waals surface area (Å²) in [4.78, 5) is 33.0. The zero-order valence-corrected chi connectivity index (χ0v) is 20.9. The van der Waals surface area contributed by atoms with Gasteiger partial charge in [-0.3, -0.25) is 24.7 Å². The number of hydrogen-bond donors (Lipinski definition) is 0. The lowest BCUT2D eigenvalue weighted by Gasteiger charge is -2.27. The molecule has 0 atom stereocenters. The lowest BCUT2D eigenvalue weighted by atomic mass is 10.1. The molecule has 0 aliphatic carbocycles. The minimum absolute atomic E-state index is 0.0467. The zero-order valence-electron chi connectivity index (χ0n) is 19.4. The lowest BCUT2D eigenvalue weighted by molar-refractivity contribution is -0.384. The summed E-state index contributed by atoms with van der Waals surface area (Å²) >= 11 is 7.60. The van der Waals surface area contributed by atoms with Crippen LogP contribution in [-0.2, 0) is 4.74 Å². The topological polar surface area (TPSA) is 107 Å². The first-order valence-corrected chi connectivity index (χ1v) is 12.2. The molecule has 186 valence electrons. The van der Waals surface area contributed by atoms with E-state index < -0.39 is 10.8 Å². The van der Waals surface area contributed by atoms with Crippen molar-refractivity contribution >= 4 is 49.9 Å². The maximum Gasteiger partial charge on any atom is 0.270 e. The van der Waals surface area contributed by atoms with Crippen LogP contribution in [0.2, 0.25) is 5.02 Å². The standard InChI is InChI=1S/C23H25ClN4O6S/c1-32-18-6-7-19(33-2)21-20(18)25-23(35-21)27(9-3-8-26-10-12-34-13-11-26)22(29)16-14-15(28(30)31)4-5-17(16)24/h4-7,14H,3,8-13H2,1-2H3. The summed E-state index contributed by atoms with van der Waals surface area (Å²) in [5.74, 6) is 0.703. The SMILES string of the molecule is COc1ccc(OC)c2sc(N(CCCN3CCOCC3)C(=O)c3cc([N+](=O)[O-])ccc3Cl)nc12. The molecule has 1 saturated heterocycles. The molecule has 1 fully saturated rings. The van der Waals surface area contributed by atoms with E-state index in [0.29, 0.717) is 48.3 Å². The van der Waals surface area contributed by atoms with Crippen molar-refractivity contribution in [2.24, 2.45) is 0 Å². The van der Waals surface area contributed by atoms with Crippen LogP contribution in [0.1, 0.15) is 16.8 Å². The Balaban J connectivity index is 1.71. The largest absolute Gasteiger partial charge is 0.495 e. The number of anilines is 1. The Bertz CT molecular complexity index is 1190. The summed E-state index contributed by atoms with van der Waals surface area (Å²) in [6, 6.07) is 7.38. The Morgan fingerprint density at radius 1 is 1.23 bits per heavy atom. The van der Waals surface area contributed by atoms with Gasteiger partial charge in [-0.15, -0.1) is 0 Å². The van der Waals surface area contributed by atoms with E-state index in [1.165, 1.54) is 34.4 Å². The molecule has 1 aliphatic heterocycles. The van der Waals surface area contributed by atoms with Crippen LogP contribution >= 0.6 is 22.9 Å². The normalized spacial score (nSPS) is 14.1. The fourth-order valence-corrected chi connectivity index (χ4v) is 5.18. The summed E-state index contributed by atoms with van der Waals surface area (Å²) in [6.45, 7) is 4.15. The van der Waals surface area contributed by atoms with Crippen LogP contribution in [0.4, 0.5) is 10.8 Å². The highest BCUT2D eigenvalue weighted by Gasteiger charge is 2.27. The second-order valence-electron chi connectivity index (χ2n) is 7.83. The number of nitro benzene ring substituents is 1. The van der Waals surface area contributed by atoms with Crippen molar-refractivity contribution in [1.82, 2.24) is 9.88 Å². The highest BCUT2D eigenvalue weighted by molar-refractivity contribution is 7.22. The average Bonchev–Trinajstić information content (AvgIpc) is 3.31. The van der Waals surface area contributed by atoms with E-state index in [1.807, 2.05) is 0 Å². The summed E-state index contributed by atoms with van der Waals surface area (Å²) in [5.41, 5.74) is 0.409. The number of benzene rings is 2. The molecule has 1 amide bonds. The zero-order chi connectivity index (χ0) is 24.9. The van der Waals surface area contributed by atoms with Gasteiger partial charge >= 0.3 is 0 Å². The third kappa shape index (κ3) is 5.48. The van der Waals surface area contributed by atoms with E-state index in [2.05, 4.69) is 4.90 Å². The number of ether oxygens (including phenoxy) is 3. The van der Waals surface area contributed by atoms with Gasteiger partial charge in [0, 0.05) is 38.3 Å². The monoisotopic (exact) mass is 520 g/mol. The number of carbonyl (C=O) groups excluding carboxylic acids is 1. The van der Waals surface area contributed by atoms with Crippen LogP contribution in [0.5, 0.6) is 11.5 Å². The third-order valence-electron chi connectivity index (χ3n) is 5.73. The summed E-state index contributed by atoms with van der Waals surface area (Å²) < 4.78 is 17.1. The first-order valence-electron chi connectivity index (χ1n) is 11.0. The van der Waals surface area contributed by atoms with Crippen LogP contribution in [0.3, 0.4) is 0 Å². The molecule has 0 N–H and O–H groups in total. The maximum atomic E-state index is 13.7. The predicted molar refractivity (Wildman–Crippen MR) is 134 cm³/mol. The number of methoxy groups -OCH3 is 2. The van der Waals surface area contributed by atoms with Gasteiger partial charge < -0.3 is 14.2 Å². The van der Waals surface area contributed by atoms with Gasteiger partial charge in [0.2, 0.25) is 0 Å². The lowest BCUT2D eigenvalue weighted by Crippen LogP contribution is -2.39. The highest BCUT2D eigenvalue weighted by Crippen LogP contribution is 2.40. The van der Waals surface area contributed by atoms with E-state index >= 15 is 0 Å². The fourth-order valence-electron chi connectivity index (χ4n) is 3.89. The van der Waals surface area contributed by atoms with Gasteiger partial charge in [0.25, 0.3) is 11.6 Å². The summed E-state index contributed by atoms with van der Waals surface area (Å²) in [5, 5.41) is 11.9. The number of thiazole rings is 1. The number of amides is 1. The summed E-state index contributed by atoms with van der Waals surface area (Å²) in [7, 11) is 3.11. The molecule has 0 unspecified atom stereocenters. The molecular formula is C23H25ClN4O6S. The molecule has 10 nitrogen and oxygen atoms in total. The minimum atomic E-state index is -0.552. The number of fused-ring (bicyclic) bond motifs is 1. The second-order valence-corrected chi connectivity index (χ2v) is 9.21. The number of nitrogens with zero attached hydrogens (tertiary/aromatic N) is 4. The van der Waals surface area contributed by atoms with Crippen molar-refractivity contribution in [1.29, 1.82) is 0 Å². The smallest absolute Gasteiger partial charge is 0.270 e. The first kappa shape index (κ1) is 25.1.